The highest BCUT2D eigenvalue weighted by Gasteiger charge is 2.16. The number of hydrogen-bond donors (Lipinski definition) is 1. The van der Waals surface area contributed by atoms with Gasteiger partial charge in [0.25, 0.3) is 0 Å². The number of benzene rings is 2. The summed E-state index contributed by atoms with van der Waals surface area (Å²) in [6.45, 7) is 2.13. The maximum absolute atomic E-state index is 12.9. The third-order valence-electron chi connectivity index (χ3n) is 3.70. The predicted octanol–water partition coefficient (Wildman–Crippen LogP) is 3.86. The Morgan fingerprint density at radius 1 is 1.12 bits per heavy atom. The second-order valence-electron chi connectivity index (χ2n) is 5.46. The van der Waals surface area contributed by atoms with Crippen LogP contribution in [0.5, 0.6) is 11.5 Å². The van der Waals surface area contributed by atoms with Crippen molar-refractivity contribution in [3.63, 3.8) is 0 Å². The van der Waals surface area contributed by atoms with Crippen molar-refractivity contribution < 1.29 is 13.9 Å². The van der Waals surface area contributed by atoms with E-state index in [9.17, 15) is 4.39 Å². The molecule has 1 aliphatic rings. The normalized spacial score (nSPS) is 12.9. The number of anilines is 1. The Hall–Kier alpha value is -3.15. The van der Waals surface area contributed by atoms with Crippen molar-refractivity contribution in [3.05, 3.63) is 59.5 Å². The van der Waals surface area contributed by atoms with Crippen LogP contribution in [0.4, 0.5) is 10.1 Å². The zero-order valence-electron chi connectivity index (χ0n) is 12.9. The fraction of sp³-hybridized carbons (Fsp3) is 0.111. The van der Waals surface area contributed by atoms with Crippen molar-refractivity contribution in [3.8, 4) is 11.5 Å². The Balaban J connectivity index is 1.67. The first-order valence-corrected chi connectivity index (χ1v) is 7.45. The van der Waals surface area contributed by atoms with Crippen molar-refractivity contribution in [1.29, 1.82) is 0 Å². The highest BCUT2D eigenvalue weighted by molar-refractivity contribution is 5.94. The first-order chi connectivity index (χ1) is 11.7. The molecule has 1 aliphatic heterocycles. The minimum absolute atomic E-state index is 0.218. The predicted molar refractivity (Wildman–Crippen MR) is 90.2 cm³/mol. The molecule has 0 saturated carbocycles. The monoisotopic (exact) mass is 323 g/mol. The molecular formula is C18H14FN3O2. The van der Waals surface area contributed by atoms with E-state index in [-0.39, 0.29) is 12.6 Å². The Morgan fingerprint density at radius 3 is 2.67 bits per heavy atom. The molecule has 3 aromatic rings. The largest absolute Gasteiger partial charge is 0.454 e. The fourth-order valence-electron chi connectivity index (χ4n) is 2.57. The number of halogens is 1. The van der Waals surface area contributed by atoms with E-state index in [2.05, 4.69) is 15.5 Å². The molecule has 24 heavy (non-hydrogen) atoms. The summed E-state index contributed by atoms with van der Waals surface area (Å²) in [5.74, 6) is 1.12. The Kier molecular flexibility index (Phi) is 3.49. The van der Waals surface area contributed by atoms with Gasteiger partial charge in [-0.15, -0.1) is 0 Å². The van der Waals surface area contributed by atoms with Crippen molar-refractivity contribution in [2.45, 2.75) is 6.92 Å². The summed E-state index contributed by atoms with van der Waals surface area (Å²) in [5, 5.41) is 5.12. The van der Waals surface area contributed by atoms with E-state index < -0.39 is 0 Å². The Bertz CT molecular complexity index is 939. The van der Waals surface area contributed by atoms with E-state index in [1.807, 2.05) is 25.1 Å². The molecule has 0 radical (unpaired) electrons. The number of rotatable bonds is 3. The smallest absolute Gasteiger partial charge is 0.231 e. The topological polar surface area (TPSA) is 55.7 Å². The molecule has 0 unspecified atom stereocenters. The fourth-order valence-corrected chi connectivity index (χ4v) is 2.57. The van der Waals surface area contributed by atoms with Gasteiger partial charge in [0.05, 0.1) is 17.4 Å². The van der Waals surface area contributed by atoms with Crippen LogP contribution in [0.2, 0.25) is 0 Å². The molecule has 120 valence electrons. The van der Waals surface area contributed by atoms with Gasteiger partial charge in [0.15, 0.2) is 11.5 Å². The molecule has 2 aromatic carbocycles. The average molecular weight is 323 g/mol. The van der Waals surface area contributed by atoms with Crippen LogP contribution in [-0.2, 0) is 0 Å². The van der Waals surface area contributed by atoms with Gasteiger partial charge in [-0.05, 0) is 36.8 Å². The second kappa shape index (κ2) is 5.81. The first-order valence-electron chi connectivity index (χ1n) is 7.45. The van der Waals surface area contributed by atoms with Crippen LogP contribution >= 0.6 is 0 Å². The zero-order chi connectivity index (χ0) is 16.5. The number of fused-ring (bicyclic) bond motifs is 2. The maximum Gasteiger partial charge on any atom is 0.231 e. The van der Waals surface area contributed by atoms with Crippen molar-refractivity contribution in [1.82, 2.24) is 4.98 Å². The summed E-state index contributed by atoms with van der Waals surface area (Å²) in [5.41, 5.74) is 6.30. The van der Waals surface area contributed by atoms with E-state index in [1.165, 1.54) is 12.1 Å². The number of hydrazone groups is 1. The molecule has 1 N–H and O–H groups in total. The summed E-state index contributed by atoms with van der Waals surface area (Å²) in [7, 11) is 0. The molecule has 0 aliphatic carbocycles. The summed E-state index contributed by atoms with van der Waals surface area (Å²) in [4.78, 5) is 4.52. The Morgan fingerprint density at radius 2 is 1.88 bits per heavy atom. The number of aromatic nitrogens is 1. The lowest BCUT2D eigenvalue weighted by Gasteiger charge is -2.08. The maximum atomic E-state index is 12.9. The molecule has 0 bridgehead atoms. The van der Waals surface area contributed by atoms with Crippen LogP contribution in [0.15, 0.2) is 47.6 Å². The number of hydrogen-bond acceptors (Lipinski definition) is 5. The van der Waals surface area contributed by atoms with E-state index in [0.717, 1.165) is 27.8 Å². The lowest BCUT2D eigenvalue weighted by atomic mass is 10.1. The van der Waals surface area contributed by atoms with Crippen LogP contribution in [0.1, 0.15) is 11.3 Å². The lowest BCUT2D eigenvalue weighted by molar-refractivity contribution is 0.174. The van der Waals surface area contributed by atoms with Crippen LogP contribution in [-0.4, -0.2) is 18.0 Å². The number of nitrogens with zero attached hydrogens (tertiary/aromatic N) is 2. The molecule has 0 atom stereocenters. The van der Waals surface area contributed by atoms with Crippen molar-refractivity contribution in [2.24, 2.45) is 5.10 Å². The number of pyridine rings is 1. The van der Waals surface area contributed by atoms with E-state index in [4.69, 9.17) is 9.47 Å². The van der Waals surface area contributed by atoms with Crippen LogP contribution in [0, 0.1) is 12.7 Å². The third kappa shape index (κ3) is 2.74. The van der Waals surface area contributed by atoms with Crippen LogP contribution in [0.3, 0.4) is 0 Å². The zero-order valence-corrected chi connectivity index (χ0v) is 12.9. The van der Waals surface area contributed by atoms with Gasteiger partial charge < -0.3 is 9.47 Å². The quantitative estimate of drug-likeness (QED) is 0.587. The van der Waals surface area contributed by atoms with Crippen LogP contribution in [0.25, 0.3) is 10.9 Å². The van der Waals surface area contributed by atoms with Crippen LogP contribution < -0.4 is 14.9 Å². The van der Waals surface area contributed by atoms with Gasteiger partial charge >= 0.3 is 0 Å². The van der Waals surface area contributed by atoms with Gasteiger partial charge in [-0.2, -0.15) is 5.10 Å². The molecule has 0 fully saturated rings. The van der Waals surface area contributed by atoms with Gasteiger partial charge in [-0.3, -0.25) is 10.4 Å². The summed E-state index contributed by atoms with van der Waals surface area (Å²) < 4.78 is 23.7. The highest BCUT2D eigenvalue weighted by atomic mass is 19.1. The molecule has 0 saturated heterocycles. The van der Waals surface area contributed by atoms with Gasteiger partial charge in [0, 0.05) is 17.1 Å². The molecule has 2 heterocycles. The molecule has 0 amide bonds. The van der Waals surface area contributed by atoms with Crippen molar-refractivity contribution in [2.75, 3.05) is 12.2 Å². The first kappa shape index (κ1) is 14.4. The van der Waals surface area contributed by atoms with Gasteiger partial charge in [0.2, 0.25) is 6.79 Å². The van der Waals surface area contributed by atoms with E-state index in [0.29, 0.717) is 11.5 Å². The molecular weight excluding hydrogens is 309 g/mol. The second-order valence-corrected chi connectivity index (χ2v) is 5.46. The van der Waals surface area contributed by atoms with Crippen molar-refractivity contribution >= 4 is 22.8 Å². The lowest BCUT2D eigenvalue weighted by Crippen LogP contribution is -1.95. The number of aryl methyl sites for hydroxylation is 1. The Labute approximate surface area is 137 Å². The molecule has 0 spiro atoms. The van der Waals surface area contributed by atoms with Gasteiger partial charge in [-0.25, -0.2) is 4.39 Å². The molecule has 5 nitrogen and oxygen atoms in total. The third-order valence-corrected chi connectivity index (χ3v) is 3.70. The minimum atomic E-state index is -0.271. The van der Waals surface area contributed by atoms with E-state index >= 15 is 0 Å². The number of ether oxygens (including phenoxy) is 2. The summed E-state index contributed by atoms with van der Waals surface area (Å²) >= 11 is 0. The summed E-state index contributed by atoms with van der Waals surface area (Å²) in [6, 6.07) is 11.8. The van der Waals surface area contributed by atoms with E-state index in [1.54, 1.807) is 18.3 Å². The van der Waals surface area contributed by atoms with Gasteiger partial charge in [0.1, 0.15) is 5.82 Å². The summed E-state index contributed by atoms with van der Waals surface area (Å²) in [6.07, 6.45) is 1.63. The van der Waals surface area contributed by atoms with Gasteiger partial charge in [-0.1, -0.05) is 12.1 Å². The highest BCUT2D eigenvalue weighted by Crippen LogP contribution is 2.38. The SMILES string of the molecule is Cc1cc(N/N=C/c2ccc(F)cc2)c2cc3c(cc2n1)OCO3. The molecule has 1 aromatic heterocycles. The average Bonchev–Trinajstić information content (AvgIpc) is 3.02. The number of nitrogens with one attached hydrogen (secondary N) is 1. The molecule has 6 heteroatoms. The molecule has 4 rings (SSSR count). The standard InChI is InChI=1S/C18H14FN3O2/c1-11-6-16(22-20-9-12-2-4-13(19)5-3-12)14-7-17-18(24-10-23-17)8-15(14)21-11/h2-9H,10H2,1H3,(H,21,22)/b20-9+. The minimum Gasteiger partial charge on any atom is -0.454 e.